The van der Waals surface area contributed by atoms with E-state index in [9.17, 15) is 9.18 Å². The summed E-state index contributed by atoms with van der Waals surface area (Å²) in [7, 11) is 0. The molecule has 144 valence electrons. The lowest BCUT2D eigenvalue weighted by Gasteiger charge is -2.05. The van der Waals surface area contributed by atoms with E-state index >= 15 is 0 Å². The zero-order valence-electron chi connectivity index (χ0n) is 15.6. The number of hydrogen-bond acceptors (Lipinski definition) is 4. The molecule has 4 rings (SSSR count). The van der Waals surface area contributed by atoms with E-state index in [4.69, 9.17) is 0 Å². The highest BCUT2D eigenvalue weighted by molar-refractivity contribution is 8.18. The number of aliphatic imine (C=N–C) groups is 1. The second-order valence-electron chi connectivity index (χ2n) is 6.28. The molecule has 3 nitrogen and oxygen atoms in total. The summed E-state index contributed by atoms with van der Waals surface area (Å²) < 4.78 is 14.7. The smallest absolute Gasteiger partial charge is 0.264 e. The van der Waals surface area contributed by atoms with Crippen molar-refractivity contribution in [1.82, 2.24) is 5.32 Å². The van der Waals surface area contributed by atoms with Crippen molar-refractivity contribution >= 4 is 46.4 Å². The summed E-state index contributed by atoms with van der Waals surface area (Å²) in [5.74, 6) is -0.647. The second-order valence-corrected chi connectivity index (χ2v) is 8.19. The molecule has 0 atom stereocenters. The van der Waals surface area contributed by atoms with Gasteiger partial charge in [-0.1, -0.05) is 42.5 Å². The maximum Gasteiger partial charge on any atom is 0.264 e. The molecule has 1 aliphatic rings. The average Bonchev–Trinajstić information content (AvgIpc) is 3.09. The number of benzene rings is 3. The van der Waals surface area contributed by atoms with Gasteiger partial charge in [-0.15, -0.1) is 11.8 Å². The number of rotatable bonds is 4. The number of amidine groups is 1. The van der Waals surface area contributed by atoms with Gasteiger partial charge in [-0.2, -0.15) is 0 Å². The normalized spacial score (nSPS) is 16.4. The fourth-order valence-electron chi connectivity index (χ4n) is 2.85. The lowest BCUT2D eigenvalue weighted by atomic mass is 10.0. The summed E-state index contributed by atoms with van der Waals surface area (Å²) in [5.41, 5.74) is 2.87. The van der Waals surface area contributed by atoms with Gasteiger partial charge in [0.15, 0.2) is 5.17 Å². The van der Waals surface area contributed by atoms with Gasteiger partial charge < -0.3 is 5.32 Å². The number of carbonyl (C=O) groups is 1. The third-order valence-electron chi connectivity index (χ3n) is 4.35. The molecule has 1 aliphatic heterocycles. The van der Waals surface area contributed by atoms with Crippen LogP contribution in [0.3, 0.4) is 0 Å². The van der Waals surface area contributed by atoms with Gasteiger partial charge >= 0.3 is 0 Å². The minimum Gasteiger partial charge on any atom is -0.300 e. The predicted molar refractivity (Wildman–Crippen MR) is 121 cm³/mol. The molecule has 29 heavy (non-hydrogen) atoms. The lowest BCUT2D eigenvalue weighted by molar-refractivity contribution is -0.115. The Labute approximate surface area is 177 Å². The van der Waals surface area contributed by atoms with Gasteiger partial charge in [0.25, 0.3) is 5.91 Å². The molecule has 1 N–H and O–H groups in total. The lowest BCUT2D eigenvalue weighted by Crippen LogP contribution is -2.19. The van der Waals surface area contributed by atoms with Crippen molar-refractivity contribution in [2.75, 3.05) is 6.26 Å². The van der Waals surface area contributed by atoms with E-state index in [1.165, 1.54) is 17.8 Å². The standard InChI is InChI=1S/C23H17FN2OS2/c1-28-19-11-9-15(10-12-19)16-7-8-17(20(24)13-16)14-21-22(27)26-23(29-21)25-18-5-3-2-4-6-18/h2-14H,1H3,(H,25,26,27). The van der Waals surface area contributed by atoms with E-state index in [0.29, 0.717) is 15.6 Å². The van der Waals surface area contributed by atoms with Crippen LogP contribution in [0.1, 0.15) is 5.56 Å². The first-order valence-electron chi connectivity index (χ1n) is 8.91. The van der Waals surface area contributed by atoms with Crippen LogP contribution >= 0.6 is 23.5 Å². The van der Waals surface area contributed by atoms with E-state index in [-0.39, 0.29) is 11.7 Å². The van der Waals surface area contributed by atoms with Crippen LogP contribution in [-0.4, -0.2) is 17.3 Å². The maximum absolute atomic E-state index is 14.7. The van der Waals surface area contributed by atoms with Crippen LogP contribution in [0, 0.1) is 5.82 Å². The largest absolute Gasteiger partial charge is 0.300 e. The molecule has 6 heteroatoms. The van der Waals surface area contributed by atoms with Gasteiger partial charge in [0.2, 0.25) is 0 Å². The first kappa shape index (κ1) is 19.5. The summed E-state index contributed by atoms with van der Waals surface area (Å²) in [4.78, 5) is 18.2. The molecule has 0 bridgehead atoms. The highest BCUT2D eigenvalue weighted by Crippen LogP contribution is 2.30. The zero-order chi connectivity index (χ0) is 20.2. The summed E-state index contributed by atoms with van der Waals surface area (Å²) in [5, 5.41) is 3.21. The Morgan fingerprint density at radius 2 is 1.72 bits per heavy atom. The van der Waals surface area contributed by atoms with Gasteiger partial charge in [-0.05, 0) is 65.6 Å². The number of halogens is 1. The van der Waals surface area contributed by atoms with Crippen LogP contribution in [0.2, 0.25) is 0 Å². The first-order chi connectivity index (χ1) is 14.1. The van der Waals surface area contributed by atoms with E-state index in [1.807, 2.05) is 66.9 Å². The predicted octanol–water partition coefficient (Wildman–Crippen LogP) is 6.11. The summed E-state index contributed by atoms with van der Waals surface area (Å²) in [6, 6.07) is 22.4. The zero-order valence-corrected chi connectivity index (χ0v) is 17.2. The number of nitrogens with zero attached hydrogens (tertiary/aromatic N) is 1. The van der Waals surface area contributed by atoms with Crippen molar-refractivity contribution in [2.24, 2.45) is 4.99 Å². The van der Waals surface area contributed by atoms with Crippen molar-refractivity contribution < 1.29 is 9.18 Å². The topological polar surface area (TPSA) is 41.5 Å². The van der Waals surface area contributed by atoms with Crippen LogP contribution in [0.5, 0.6) is 0 Å². The number of hydrogen-bond donors (Lipinski definition) is 1. The molecule has 1 fully saturated rings. The Kier molecular flexibility index (Phi) is 5.83. The fraction of sp³-hybridized carbons (Fsp3) is 0.0435. The van der Waals surface area contributed by atoms with Crippen LogP contribution in [0.15, 0.2) is 87.6 Å². The summed E-state index contributed by atoms with van der Waals surface area (Å²) in [6.07, 6.45) is 3.58. The minimum atomic E-state index is -0.370. The SMILES string of the molecule is CSc1ccc(-c2ccc(C=C3SC(=Nc4ccccc4)NC3=O)c(F)c2)cc1. The summed E-state index contributed by atoms with van der Waals surface area (Å²) >= 11 is 2.87. The molecular formula is C23H17FN2OS2. The van der Waals surface area contributed by atoms with E-state index in [1.54, 1.807) is 23.9 Å². The number of carbonyl (C=O) groups excluding carboxylic acids is 1. The van der Waals surface area contributed by atoms with Crippen LogP contribution in [0.25, 0.3) is 17.2 Å². The Morgan fingerprint density at radius 3 is 2.41 bits per heavy atom. The second kappa shape index (κ2) is 8.68. The molecule has 0 aliphatic carbocycles. The third-order valence-corrected chi connectivity index (χ3v) is 6.00. The molecule has 0 radical (unpaired) electrons. The van der Waals surface area contributed by atoms with Gasteiger partial charge in [-0.25, -0.2) is 9.38 Å². The fourth-order valence-corrected chi connectivity index (χ4v) is 4.09. The van der Waals surface area contributed by atoms with Gasteiger partial charge in [-0.3, -0.25) is 4.79 Å². The highest BCUT2D eigenvalue weighted by Gasteiger charge is 2.24. The number of para-hydroxylation sites is 1. The Morgan fingerprint density at radius 1 is 1.00 bits per heavy atom. The molecule has 1 heterocycles. The summed E-state index contributed by atoms with van der Waals surface area (Å²) in [6.45, 7) is 0. The minimum absolute atomic E-state index is 0.277. The molecule has 1 saturated heterocycles. The molecule has 3 aromatic carbocycles. The number of thioether (sulfide) groups is 2. The highest BCUT2D eigenvalue weighted by atomic mass is 32.2. The monoisotopic (exact) mass is 420 g/mol. The van der Waals surface area contributed by atoms with Crippen LogP contribution in [-0.2, 0) is 4.79 Å². The van der Waals surface area contributed by atoms with Crippen molar-refractivity contribution in [3.05, 3.63) is 89.1 Å². The van der Waals surface area contributed by atoms with Gasteiger partial charge in [0.1, 0.15) is 5.82 Å². The van der Waals surface area contributed by atoms with E-state index in [0.717, 1.165) is 21.7 Å². The van der Waals surface area contributed by atoms with Crippen LogP contribution in [0.4, 0.5) is 10.1 Å². The number of amides is 1. The van der Waals surface area contributed by atoms with Crippen LogP contribution < -0.4 is 5.32 Å². The maximum atomic E-state index is 14.7. The van der Waals surface area contributed by atoms with Crippen molar-refractivity contribution in [3.63, 3.8) is 0 Å². The molecule has 0 spiro atoms. The third kappa shape index (κ3) is 4.60. The van der Waals surface area contributed by atoms with Crippen molar-refractivity contribution in [3.8, 4) is 11.1 Å². The van der Waals surface area contributed by atoms with E-state index < -0.39 is 0 Å². The molecule has 0 saturated carbocycles. The van der Waals surface area contributed by atoms with Gasteiger partial charge in [0, 0.05) is 10.5 Å². The Balaban J connectivity index is 1.56. The van der Waals surface area contributed by atoms with E-state index in [2.05, 4.69) is 10.3 Å². The Hall–Kier alpha value is -2.83. The molecule has 0 unspecified atom stereocenters. The molecule has 0 aromatic heterocycles. The molecule has 1 amide bonds. The van der Waals surface area contributed by atoms with Crippen molar-refractivity contribution in [1.29, 1.82) is 0 Å². The van der Waals surface area contributed by atoms with Gasteiger partial charge in [0.05, 0.1) is 10.6 Å². The van der Waals surface area contributed by atoms with Crippen molar-refractivity contribution in [2.45, 2.75) is 4.90 Å². The molecular weight excluding hydrogens is 403 g/mol. The quantitative estimate of drug-likeness (QED) is 0.409. The first-order valence-corrected chi connectivity index (χ1v) is 10.9. The average molecular weight is 421 g/mol. The molecule has 3 aromatic rings. The number of nitrogens with one attached hydrogen (secondary N) is 1. The Bertz CT molecular complexity index is 1110.